The van der Waals surface area contributed by atoms with Crippen molar-refractivity contribution in [1.29, 1.82) is 0 Å². The third kappa shape index (κ3) is 2.22. The number of hydrogen-bond acceptors (Lipinski definition) is 4. The van der Waals surface area contributed by atoms with Crippen LogP contribution in [0.1, 0.15) is 39.9 Å². The molecule has 1 aromatic carbocycles. The largest absolute Gasteiger partial charge is 0.465 e. The molecule has 1 N–H and O–H groups in total. The molecule has 0 spiro atoms. The van der Waals surface area contributed by atoms with Gasteiger partial charge in [0.05, 0.1) is 24.4 Å². The van der Waals surface area contributed by atoms with E-state index in [0.29, 0.717) is 17.4 Å². The van der Waals surface area contributed by atoms with E-state index < -0.39 is 0 Å². The number of hydrogen-bond donors (Lipinski definition) is 1. The van der Waals surface area contributed by atoms with Gasteiger partial charge < -0.3 is 10.1 Å². The van der Waals surface area contributed by atoms with Gasteiger partial charge in [0.2, 0.25) is 0 Å². The van der Waals surface area contributed by atoms with Crippen LogP contribution in [0.3, 0.4) is 0 Å². The molecule has 0 amide bonds. The van der Waals surface area contributed by atoms with E-state index in [0.717, 1.165) is 17.7 Å². The van der Waals surface area contributed by atoms with Gasteiger partial charge in [0.25, 0.3) is 0 Å². The van der Waals surface area contributed by atoms with Crippen molar-refractivity contribution < 1.29 is 9.53 Å². The number of methoxy groups -OCH3 is 1. The summed E-state index contributed by atoms with van der Waals surface area (Å²) < 4.78 is 4.95. The first-order chi connectivity index (χ1) is 11.3. The van der Waals surface area contributed by atoms with Gasteiger partial charge in [-0.3, -0.25) is 4.98 Å². The average Bonchev–Trinajstić information content (AvgIpc) is 3.10. The molecule has 0 saturated heterocycles. The lowest BCUT2D eigenvalue weighted by molar-refractivity contribution is 0.0601. The quantitative estimate of drug-likeness (QED) is 0.679. The molecule has 0 bridgehead atoms. The van der Waals surface area contributed by atoms with E-state index in [9.17, 15) is 4.79 Å². The average molecular weight is 306 g/mol. The number of nitrogens with zero attached hydrogens (tertiary/aromatic N) is 1. The Morgan fingerprint density at radius 3 is 3.00 bits per heavy atom. The van der Waals surface area contributed by atoms with Gasteiger partial charge >= 0.3 is 5.97 Å². The first-order valence-corrected chi connectivity index (χ1v) is 7.84. The highest BCUT2D eigenvalue weighted by Gasteiger charge is 2.39. The predicted molar refractivity (Wildman–Crippen MR) is 88.4 cm³/mol. The molecule has 2 heterocycles. The van der Waals surface area contributed by atoms with Crippen molar-refractivity contribution in [1.82, 2.24) is 4.98 Å². The Hall–Kier alpha value is -2.62. The van der Waals surface area contributed by atoms with Crippen LogP contribution in [0, 0.1) is 5.92 Å². The van der Waals surface area contributed by atoms with Gasteiger partial charge in [0.1, 0.15) is 0 Å². The molecule has 4 heteroatoms. The topological polar surface area (TPSA) is 51.2 Å². The van der Waals surface area contributed by atoms with Crippen LogP contribution in [-0.4, -0.2) is 18.1 Å². The number of esters is 1. The van der Waals surface area contributed by atoms with Crippen molar-refractivity contribution in [3.8, 4) is 0 Å². The highest BCUT2D eigenvalue weighted by Crippen LogP contribution is 2.50. The van der Waals surface area contributed by atoms with E-state index in [4.69, 9.17) is 4.74 Å². The zero-order valence-corrected chi connectivity index (χ0v) is 12.9. The fourth-order valence-electron chi connectivity index (χ4n) is 3.79. The summed E-state index contributed by atoms with van der Waals surface area (Å²) in [6, 6.07) is 10.0. The zero-order valence-electron chi connectivity index (χ0n) is 12.9. The first-order valence-electron chi connectivity index (χ1n) is 7.84. The first kappa shape index (κ1) is 14.0. The summed E-state index contributed by atoms with van der Waals surface area (Å²) in [5.74, 6) is 0.459. The molecular formula is C19H18N2O2. The molecule has 2 aliphatic rings. The van der Waals surface area contributed by atoms with Gasteiger partial charge in [-0.05, 0) is 35.6 Å². The highest BCUT2D eigenvalue weighted by molar-refractivity contribution is 5.97. The molecule has 1 aliphatic carbocycles. The summed E-state index contributed by atoms with van der Waals surface area (Å²) in [5.41, 5.74) is 3.81. The molecule has 4 rings (SSSR count). The van der Waals surface area contributed by atoms with Crippen LogP contribution in [0.25, 0.3) is 0 Å². The van der Waals surface area contributed by atoms with Gasteiger partial charge in [-0.25, -0.2) is 4.79 Å². The van der Waals surface area contributed by atoms with Crippen LogP contribution in [0.5, 0.6) is 0 Å². The van der Waals surface area contributed by atoms with Gasteiger partial charge in [-0.1, -0.05) is 30.4 Å². The lowest BCUT2D eigenvalue weighted by Gasteiger charge is -2.38. The van der Waals surface area contributed by atoms with E-state index in [2.05, 4.69) is 34.6 Å². The van der Waals surface area contributed by atoms with Gasteiger partial charge in [-0.2, -0.15) is 0 Å². The summed E-state index contributed by atoms with van der Waals surface area (Å²) in [6.45, 7) is 0. The molecule has 1 aromatic heterocycles. The van der Waals surface area contributed by atoms with Crippen LogP contribution in [0.15, 0.2) is 54.9 Å². The molecule has 4 nitrogen and oxygen atoms in total. The number of rotatable bonds is 2. The lowest BCUT2D eigenvalue weighted by Crippen LogP contribution is -2.30. The molecule has 23 heavy (non-hydrogen) atoms. The van der Waals surface area contributed by atoms with Crippen LogP contribution in [0.4, 0.5) is 5.69 Å². The normalized spacial score (nSPS) is 24.5. The fourth-order valence-corrected chi connectivity index (χ4v) is 3.79. The molecule has 116 valence electrons. The maximum absolute atomic E-state index is 12.1. The number of aromatic nitrogens is 1. The summed E-state index contributed by atoms with van der Waals surface area (Å²) >= 11 is 0. The SMILES string of the molecule is COC(=O)c1cccc2c1N[C@H](c1cccnc1)[C@H]1CC=C[C@@H]21. The zero-order chi connectivity index (χ0) is 15.8. The van der Waals surface area contributed by atoms with E-state index in [1.54, 1.807) is 6.20 Å². The third-order valence-corrected chi connectivity index (χ3v) is 4.85. The predicted octanol–water partition coefficient (Wildman–Crippen LogP) is 3.69. The minimum atomic E-state index is -0.306. The summed E-state index contributed by atoms with van der Waals surface area (Å²) in [7, 11) is 1.42. The maximum atomic E-state index is 12.1. The lowest BCUT2D eigenvalue weighted by atomic mass is 9.76. The Labute approximate surface area is 135 Å². The molecule has 0 radical (unpaired) electrons. The number of fused-ring (bicyclic) bond motifs is 3. The standard InChI is InChI=1S/C19H18N2O2/c1-23-19(22)16-9-3-8-15-13-6-2-7-14(13)17(21-18(15)16)12-5-4-10-20-11-12/h2-6,8-11,13-14,17,21H,7H2,1H3/t13-,14+,17-/m1/s1. The number of anilines is 1. The highest BCUT2D eigenvalue weighted by atomic mass is 16.5. The van der Waals surface area contributed by atoms with Crippen molar-refractivity contribution >= 4 is 11.7 Å². The van der Waals surface area contributed by atoms with E-state index in [1.807, 2.05) is 24.4 Å². The number of nitrogens with one attached hydrogen (secondary N) is 1. The second kappa shape index (κ2) is 5.54. The molecule has 2 aromatic rings. The minimum absolute atomic E-state index is 0.141. The fraction of sp³-hybridized carbons (Fsp3) is 0.263. The van der Waals surface area contributed by atoms with Crippen molar-refractivity contribution in [2.45, 2.75) is 18.4 Å². The molecule has 0 saturated carbocycles. The Morgan fingerprint density at radius 1 is 1.30 bits per heavy atom. The second-order valence-corrected chi connectivity index (χ2v) is 6.02. The Kier molecular flexibility index (Phi) is 3.37. The Morgan fingerprint density at radius 2 is 2.22 bits per heavy atom. The van der Waals surface area contributed by atoms with Crippen LogP contribution in [-0.2, 0) is 4.74 Å². The molecule has 3 atom stereocenters. The van der Waals surface area contributed by atoms with Crippen molar-refractivity contribution in [2.75, 3.05) is 12.4 Å². The smallest absolute Gasteiger partial charge is 0.339 e. The van der Waals surface area contributed by atoms with Gasteiger partial charge in [0, 0.05) is 18.3 Å². The summed E-state index contributed by atoms with van der Waals surface area (Å²) in [6.07, 6.45) is 9.21. The van der Waals surface area contributed by atoms with E-state index in [1.165, 1.54) is 12.7 Å². The van der Waals surface area contributed by atoms with Crippen LogP contribution in [0.2, 0.25) is 0 Å². The number of carbonyl (C=O) groups is 1. The number of ether oxygens (including phenoxy) is 1. The third-order valence-electron chi connectivity index (χ3n) is 4.85. The van der Waals surface area contributed by atoms with E-state index >= 15 is 0 Å². The second-order valence-electron chi connectivity index (χ2n) is 6.02. The Bertz CT molecular complexity index is 770. The van der Waals surface area contributed by atoms with Gasteiger partial charge in [0.15, 0.2) is 0 Å². The number of benzene rings is 1. The summed E-state index contributed by atoms with van der Waals surface area (Å²) in [4.78, 5) is 16.4. The molecular weight excluding hydrogens is 288 g/mol. The van der Waals surface area contributed by atoms with Gasteiger partial charge in [-0.15, -0.1) is 0 Å². The summed E-state index contributed by atoms with van der Waals surface area (Å²) in [5, 5.41) is 3.59. The van der Waals surface area contributed by atoms with Crippen molar-refractivity contribution in [3.63, 3.8) is 0 Å². The maximum Gasteiger partial charge on any atom is 0.339 e. The van der Waals surface area contributed by atoms with Crippen molar-refractivity contribution in [2.24, 2.45) is 5.92 Å². The number of para-hydroxylation sites is 1. The monoisotopic (exact) mass is 306 g/mol. The number of carbonyl (C=O) groups excluding carboxylic acids is 1. The minimum Gasteiger partial charge on any atom is -0.465 e. The molecule has 1 aliphatic heterocycles. The van der Waals surface area contributed by atoms with E-state index in [-0.39, 0.29) is 12.0 Å². The van der Waals surface area contributed by atoms with Crippen LogP contribution < -0.4 is 5.32 Å². The molecule has 0 unspecified atom stereocenters. The van der Waals surface area contributed by atoms with Crippen LogP contribution >= 0.6 is 0 Å². The number of pyridine rings is 1. The Balaban J connectivity index is 1.84. The number of allylic oxidation sites excluding steroid dienone is 2. The molecule has 0 fully saturated rings. The van der Waals surface area contributed by atoms with Crippen molar-refractivity contribution in [3.05, 3.63) is 71.6 Å².